The Kier molecular flexibility index (Phi) is 5.07. The topological polar surface area (TPSA) is 82.5 Å². The Hall–Kier alpha value is -3.42. The predicted octanol–water partition coefficient (Wildman–Crippen LogP) is 2.83. The molecular weight excluding hydrogens is 353 g/mol. The van der Waals surface area contributed by atoms with Crippen LogP contribution in [0.4, 0.5) is 10.1 Å². The molecule has 1 heterocycles. The molecule has 0 atom stereocenters. The van der Waals surface area contributed by atoms with Crippen molar-refractivity contribution in [2.24, 2.45) is 0 Å². The van der Waals surface area contributed by atoms with Gasteiger partial charge in [-0.15, -0.1) is 0 Å². The van der Waals surface area contributed by atoms with Crippen LogP contribution in [0, 0.1) is 5.82 Å². The maximum atomic E-state index is 13.6. The van der Waals surface area contributed by atoms with Crippen LogP contribution in [0.3, 0.4) is 0 Å². The number of methoxy groups -OCH3 is 2. The van der Waals surface area contributed by atoms with Gasteiger partial charge in [0.1, 0.15) is 5.82 Å². The van der Waals surface area contributed by atoms with Gasteiger partial charge in [0.15, 0.2) is 17.2 Å². The zero-order valence-electron chi connectivity index (χ0n) is 15.1. The summed E-state index contributed by atoms with van der Waals surface area (Å²) >= 11 is 0. The predicted molar refractivity (Wildman–Crippen MR) is 99.1 cm³/mol. The van der Waals surface area contributed by atoms with Crippen molar-refractivity contribution < 1.29 is 18.7 Å². The number of rotatable bonds is 5. The second-order valence-corrected chi connectivity index (χ2v) is 5.68. The smallest absolute Gasteiger partial charge is 0.280 e. The summed E-state index contributed by atoms with van der Waals surface area (Å²) in [5, 5.41) is 6.85. The van der Waals surface area contributed by atoms with Gasteiger partial charge in [-0.1, -0.05) is 0 Å². The van der Waals surface area contributed by atoms with Gasteiger partial charge in [0, 0.05) is 18.3 Å². The van der Waals surface area contributed by atoms with Crippen molar-refractivity contribution >= 4 is 22.5 Å². The van der Waals surface area contributed by atoms with Crippen molar-refractivity contribution in [1.29, 1.82) is 0 Å². The number of aromatic nitrogens is 2. The number of anilines is 1. The Morgan fingerprint density at radius 2 is 1.89 bits per heavy atom. The fourth-order valence-electron chi connectivity index (χ4n) is 2.76. The Morgan fingerprint density at radius 3 is 2.56 bits per heavy atom. The normalized spacial score (nSPS) is 10.7. The summed E-state index contributed by atoms with van der Waals surface area (Å²) in [5.41, 5.74) is -0.0790. The van der Waals surface area contributed by atoms with Crippen molar-refractivity contribution in [2.45, 2.75) is 13.5 Å². The third-order valence-corrected chi connectivity index (χ3v) is 4.07. The van der Waals surface area contributed by atoms with Crippen LogP contribution in [0.1, 0.15) is 17.4 Å². The molecule has 2 aromatic carbocycles. The van der Waals surface area contributed by atoms with Crippen LogP contribution in [0.25, 0.3) is 10.9 Å². The van der Waals surface area contributed by atoms with Gasteiger partial charge in [0.05, 0.1) is 25.1 Å². The molecule has 0 fully saturated rings. The maximum absolute atomic E-state index is 13.6. The Bertz CT molecular complexity index is 1080. The molecule has 0 bridgehead atoms. The molecule has 3 rings (SSSR count). The number of fused-ring (bicyclic) bond motifs is 1. The standard InChI is InChI=1S/C19H18FN3O4/c1-4-23-14-7-5-11(20)9-13(14)18(24)17(22-23)19(25)21-12-6-8-15(26-2)16(10-12)27-3/h5-10H,4H2,1-3H3,(H,21,25). The van der Waals surface area contributed by atoms with E-state index in [1.807, 2.05) is 6.92 Å². The van der Waals surface area contributed by atoms with Crippen LogP contribution in [0.5, 0.6) is 11.5 Å². The number of ether oxygens (including phenoxy) is 2. The molecule has 0 saturated carbocycles. The number of halogens is 1. The van der Waals surface area contributed by atoms with E-state index in [1.165, 1.54) is 31.0 Å². The third-order valence-electron chi connectivity index (χ3n) is 4.07. The molecule has 1 amide bonds. The van der Waals surface area contributed by atoms with Gasteiger partial charge in [-0.3, -0.25) is 14.3 Å². The van der Waals surface area contributed by atoms with Gasteiger partial charge < -0.3 is 14.8 Å². The maximum Gasteiger partial charge on any atom is 0.280 e. The first-order valence-corrected chi connectivity index (χ1v) is 8.22. The summed E-state index contributed by atoms with van der Waals surface area (Å²) in [6.45, 7) is 2.23. The highest BCUT2D eigenvalue weighted by Crippen LogP contribution is 2.29. The number of nitrogens with one attached hydrogen (secondary N) is 1. The summed E-state index contributed by atoms with van der Waals surface area (Å²) in [7, 11) is 2.98. The van der Waals surface area contributed by atoms with E-state index >= 15 is 0 Å². The van der Waals surface area contributed by atoms with Crippen LogP contribution in [0.2, 0.25) is 0 Å². The molecule has 1 N–H and O–H groups in total. The van der Waals surface area contributed by atoms with Crippen LogP contribution in [-0.2, 0) is 6.54 Å². The number of carbonyl (C=O) groups is 1. The molecule has 7 nitrogen and oxygen atoms in total. The lowest BCUT2D eigenvalue weighted by Gasteiger charge is -2.12. The lowest BCUT2D eigenvalue weighted by molar-refractivity contribution is 0.101. The fourth-order valence-corrected chi connectivity index (χ4v) is 2.76. The number of nitrogens with zero attached hydrogens (tertiary/aromatic N) is 2. The van der Waals surface area contributed by atoms with Crippen molar-refractivity contribution in [3.63, 3.8) is 0 Å². The molecule has 0 radical (unpaired) electrons. The Labute approximate surface area is 154 Å². The molecule has 0 unspecified atom stereocenters. The van der Waals surface area contributed by atoms with E-state index in [4.69, 9.17) is 9.47 Å². The van der Waals surface area contributed by atoms with E-state index in [2.05, 4.69) is 10.4 Å². The van der Waals surface area contributed by atoms with Gasteiger partial charge in [0.2, 0.25) is 5.43 Å². The molecule has 0 aliphatic carbocycles. The average Bonchev–Trinajstić information content (AvgIpc) is 2.68. The third kappa shape index (κ3) is 3.46. The lowest BCUT2D eigenvalue weighted by atomic mass is 10.2. The SMILES string of the molecule is CCn1nc(C(=O)Nc2ccc(OC)c(OC)c2)c(=O)c2cc(F)ccc21. The number of hydrogen-bond donors (Lipinski definition) is 1. The van der Waals surface area contributed by atoms with Crippen LogP contribution < -0.4 is 20.2 Å². The van der Waals surface area contributed by atoms with E-state index < -0.39 is 17.2 Å². The fraction of sp³-hybridized carbons (Fsp3) is 0.211. The van der Waals surface area contributed by atoms with E-state index in [0.717, 1.165) is 6.07 Å². The van der Waals surface area contributed by atoms with Gasteiger partial charge in [-0.25, -0.2) is 4.39 Å². The molecule has 0 aliphatic rings. The van der Waals surface area contributed by atoms with Gasteiger partial charge in [0.25, 0.3) is 5.91 Å². The quantitative estimate of drug-likeness (QED) is 0.746. The summed E-state index contributed by atoms with van der Waals surface area (Å²) in [6.07, 6.45) is 0. The summed E-state index contributed by atoms with van der Waals surface area (Å²) in [5.74, 6) is -0.321. The van der Waals surface area contributed by atoms with Crippen molar-refractivity contribution in [2.75, 3.05) is 19.5 Å². The van der Waals surface area contributed by atoms with Gasteiger partial charge in [-0.05, 0) is 37.3 Å². The minimum atomic E-state index is -0.694. The van der Waals surface area contributed by atoms with Crippen LogP contribution in [-0.4, -0.2) is 29.9 Å². The van der Waals surface area contributed by atoms with E-state index in [1.54, 1.807) is 18.2 Å². The van der Waals surface area contributed by atoms with Gasteiger partial charge >= 0.3 is 0 Å². The zero-order valence-corrected chi connectivity index (χ0v) is 15.1. The number of aryl methyl sites for hydroxylation is 1. The zero-order chi connectivity index (χ0) is 19.6. The molecule has 140 valence electrons. The molecule has 27 heavy (non-hydrogen) atoms. The Balaban J connectivity index is 2.03. The van der Waals surface area contributed by atoms with E-state index in [9.17, 15) is 14.0 Å². The molecule has 0 aliphatic heterocycles. The van der Waals surface area contributed by atoms with E-state index in [0.29, 0.717) is 29.2 Å². The number of benzene rings is 2. The Morgan fingerprint density at radius 1 is 1.15 bits per heavy atom. The molecular formula is C19H18FN3O4. The minimum absolute atomic E-state index is 0.101. The highest BCUT2D eigenvalue weighted by Gasteiger charge is 2.18. The lowest BCUT2D eigenvalue weighted by Crippen LogP contribution is -2.27. The second-order valence-electron chi connectivity index (χ2n) is 5.68. The summed E-state index contributed by atoms with van der Waals surface area (Å²) in [6, 6.07) is 8.63. The van der Waals surface area contributed by atoms with Crippen LogP contribution in [0.15, 0.2) is 41.2 Å². The van der Waals surface area contributed by atoms with Crippen LogP contribution >= 0.6 is 0 Å². The summed E-state index contributed by atoms with van der Waals surface area (Å²) < 4.78 is 25.4. The van der Waals surface area contributed by atoms with Crippen molar-refractivity contribution in [3.8, 4) is 11.5 Å². The molecule has 8 heteroatoms. The largest absolute Gasteiger partial charge is 0.493 e. The number of hydrogen-bond acceptors (Lipinski definition) is 5. The minimum Gasteiger partial charge on any atom is -0.493 e. The number of carbonyl (C=O) groups excluding carboxylic acids is 1. The van der Waals surface area contributed by atoms with Gasteiger partial charge in [-0.2, -0.15) is 5.10 Å². The average molecular weight is 371 g/mol. The van der Waals surface area contributed by atoms with E-state index in [-0.39, 0.29) is 11.1 Å². The first-order chi connectivity index (χ1) is 13.0. The molecule has 3 aromatic rings. The van der Waals surface area contributed by atoms with Crippen molar-refractivity contribution in [3.05, 3.63) is 58.1 Å². The van der Waals surface area contributed by atoms with Crippen molar-refractivity contribution in [1.82, 2.24) is 9.78 Å². The second kappa shape index (κ2) is 7.45. The molecule has 0 spiro atoms. The highest BCUT2D eigenvalue weighted by molar-refractivity contribution is 6.04. The number of amides is 1. The first kappa shape index (κ1) is 18.4. The molecule has 0 saturated heterocycles. The first-order valence-electron chi connectivity index (χ1n) is 8.22. The monoisotopic (exact) mass is 371 g/mol. The molecule has 1 aromatic heterocycles. The summed E-state index contributed by atoms with van der Waals surface area (Å²) in [4.78, 5) is 25.3. The highest BCUT2D eigenvalue weighted by atomic mass is 19.1.